The maximum Gasteiger partial charge on any atom is 0.337 e. The van der Waals surface area contributed by atoms with Crippen LogP contribution >= 0.6 is 7.60 Å². The Balaban J connectivity index is 2.09. The minimum Gasteiger partial charge on any atom is -0.408 e. The van der Waals surface area contributed by atoms with Gasteiger partial charge >= 0.3 is 19.5 Å². The lowest BCUT2D eigenvalue weighted by Gasteiger charge is -2.28. The first-order valence-electron chi connectivity index (χ1n) is 6.31. The van der Waals surface area contributed by atoms with Crippen molar-refractivity contribution >= 4 is 13.6 Å². The highest BCUT2D eigenvalue weighted by molar-refractivity contribution is 7.52. The van der Waals surface area contributed by atoms with Crippen molar-refractivity contribution < 1.29 is 28.3 Å². The van der Waals surface area contributed by atoms with Crippen LogP contribution < -0.4 is 0 Å². The van der Waals surface area contributed by atoms with Crippen LogP contribution in [0.25, 0.3) is 0 Å². The zero-order valence-electron chi connectivity index (χ0n) is 11.2. The van der Waals surface area contributed by atoms with Gasteiger partial charge in [0, 0.05) is 13.3 Å². The summed E-state index contributed by atoms with van der Waals surface area (Å²) >= 11 is 0. The summed E-state index contributed by atoms with van der Waals surface area (Å²) in [5.74, 6) is -2.35. The van der Waals surface area contributed by atoms with Gasteiger partial charge in [0.05, 0.1) is 12.8 Å². The molecule has 0 radical (unpaired) electrons. The second-order valence-electron chi connectivity index (χ2n) is 4.60. The van der Waals surface area contributed by atoms with Crippen molar-refractivity contribution in [3.8, 4) is 0 Å². The van der Waals surface area contributed by atoms with Gasteiger partial charge in [0.1, 0.15) is 0 Å². The Morgan fingerprint density at radius 1 is 1.45 bits per heavy atom. The quantitative estimate of drug-likeness (QED) is 0.511. The smallest absolute Gasteiger partial charge is 0.337 e. The molecule has 0 aromatic heterocycles. The summed E-state index contributed by atoms with van der Waals surface area (Å²) in [7, 11) is -3.99. The number of carbonyl (C=O) groups is 1. The van der Waals surface area contributed by atoms with Crippen molar-refractivity contribution in [3.05, 3.63) is 35.9 Å². The van der Waals surface area contributed by atoms with Gasteiger partial charge in [0.15, 0.2) is 0 Å². The van der Waals surface area contributed by atoms with E-state index in [1.54, 1.807) is 24.3 Å². The van der Waals surface area contributed by atoms with Crippen LogP contribution in [0.5, 0.6) is 0 Å². The Labute approximate surface area is 117 Å². The van der Waals surface area contributed by atoms with Crippen LogP contribution in [-0.2, 0) is 29.5 Å². The van der Waals surface area contributed by atoms with E-state index >= 15 is 0 Å². The second kappa shape index (κ2) is 6.06. The molecule has 2 unspecified atom stereocenters. The van der Waals surface area contributed by atoms with Crippen molar-refractivity contribution in [1.82, 2.24) is 0 Å². The van der Waals surface area contributed by atoms with Gasteiger partial charge in [-0.15, -0.1) is 0 Å². The number of hydrogen-bond acceptors (Lipinski definition) is 5. The van der Waals surface area contributed by atoms with Crippen LogP contribution in [-0.4, -0.2) is 23.4 Å². The molecule has 110 valence electrons. The molecule has 1 saturated heterocycles. The lowest BCUT2D eigenvalue weighted by molar-refractivity contribution is -0.305. The first-order valence-corrected chi connectivity index (χ1v) is 8.07. The van der Waals surface area contributed by atoms with Crippen LogP contribution in [0.1, 0.15) is 25.3 Å². The molecule has 20 heavy (non-hydrogen) atoms. The van der Waals surface area contributed by atoms with E-state index in [0.717, 1.165) is 0 Å². The molecule has 1 fully saturated rings. The van der Waals surface area contributed by atoms with E-state index < -0.39 is 19.5 Å². The van der Waals surface area contributed by atoms with Crippen molar-refractivity contribution in [1.29, 1.82) is 0 Å². The summed E-state index contributed by atoms with van der Waals surface area (Å²) in [6.45, 7) is 1.52. The van der Waals surface area contributed by atoms with Crippen molar-refractivity contribution in [2.24, 2.45) is 0 Å². The predicted octanol–water partition coefficient (Wildman–Crippen LogP) is 2.42. The largest absolute Gasteiger partial charge is 0.408 e. The first-order chi connectivity index (χ1) is 9.41. The van der Waals surface area contributed by atoms with Gasteiger partial charge < -0.3 is 14.4 Å². The number of esters is 1. The Kier molecular flexibility index (Phi) is 4.60. The van der Waals surface area contributed by atoms with E-state index in [-0.39, 0.29) is 12.6 Å². The molecular weight excluding hydrogens is 283 g/mol. The van der Waals surface area contributed by atoms with E-state index in [4.69, 9.17) is 14.0 Å². The zero-order chi connectivity index (χ0) is 14.6. The van der Waals surface area contributed by atoms with Gasteiger partial charge in [0.25, 0.3) is 0 Å². The molecule has 0 aliphatic carbocycles. The van der Waals surface area contributed by atoms with Gasteiger partial charge in [-0.1, -0.05) is 30.3 Å². The third-order valence-corrected chi connectivity index (χ3v) is 4.08. The zero-order valence-corrected chi connectivity index (χ0v) is 12.0. The number of carbonyl (C=O) groups excluding carboxylic acids is 1. The SMILES string of the molecule is CC(=O)OC1(OP(=O)(O)Cc2ccccc2)CCCO1. The Morgan fingerprint density at radius 2 is 2.15 bits per heavy atom. The normalized spacial score (nSPS) is 25.1. The molecule has 1 aromatic carbocycles. The number of benzene rings is 1. The number of ether oxygens (including phenoxy) is 2. The van der Waals surface area contributed by atoms with E-state index in [1.807, 2.05) is 6.07 Å². The molecule has 0 spiro atoms. The maximum atomic E-state index is 12.2. The monoisotopic (exact) mass is 300 g/mol. The Morgan fingerprint density at radius 3 is 2.70 bits per heavy atom. The van der Waals surface area contributed by atoms with E-state index in [1.165, 1.54) is 6.92 Å². The third kappa shape index (κ3) is 4.15. The predicted molar refractivity (Wildman–Crippen MR) is 70.7 cm³/mol. The highest BCUT2D eigenvalue weighted by atomic mass is 31.2. The average molecular weight is 300 g/mol. The topological polar surface area (TPSA) is 82.1 Å². The number of hydrogen-bond donors (Lipinski definition) is 1. The fraction of sp³-hybridized carbons (Fsp3) is 0.462. The fourth-order valence-corrected chi connectivity index (χ4v) is 3.40. The summed E-state index contributed by atoms with van der Waals surface area (Å²) in [5.41, 5.74) is 0.661. The molecule has 1 aromatic rings. The Bertz CT molecular complexity index is 509. The fourth-order valence-electron chi connectivity index (χ4n) is 2.04. The van der Waals surface area contributed by atoms with Gasteiger partial charge in [-0.05, 0) is 12.0 Å². The molecule has 1 aliphatic rings. The summed E-state index contributed by atoms with van der Waals surface area (Å²) in [5, 5.41) is 0. The lowest BCUT2D eigenvalue weighted by atomic mass is 10.2. The van der Waals surface area contributed by atoms with Gasteiger partial charge in [-0.2, -0.15) is 0 Å². The minimum absolute atomic E-state index is 0.166. The van der Waals surface area contributed by atoms with E-state index in [9.17, 15) is 14.3 Å². The molecule has 0 bridgehead atoms. The summed E-state index contributed by atoms with van der Waals surface area (Å²) in [6, 6.07) is 8.79. The minimum atomic E-state index is -3.99. The standard InChI is InChI=1S/C13H17O6P/c1-11(14)18-13(8-5-9-17-13)19-20(15,16)10-12-6-3-2-4-7-12/h2-4,6-7H,5,8-10H2,1H3,(H,15,16). The van der Waals surface area contributed by atoms with Crippen molar-refractivity contribution in [2.45, 2.75) is 31.9 Å². The highest BCUT2D eigenvalue weighted by Gasteiger charge is 2.45. The summed E-state index contributed by atoms with van der Waals surface area (Å²) in [6.07, 6.45) is 0.671. The van der Waals surface area contributed by atoms with Crippen molar-refractivity contribution in [3.63, 3.8) is 0 Å². The molecule has 0 saturated carbocycles. The average Bonchev–Trinajstić information content (AvgIpc) is 2.75. The van der Waals surface area contributed by atoms with Crippen LogP contribution in [0.2, 0.25) is 0 Å². The van der Waals surface area contributed by atoms with Gasteiger partial charge in [0.2, 0.25) is 0 Å². The lowest BCUT2D eigenvalue weighted by Crippen LogP contribution is -2.35. The van der Waals surface area contributed by atoms with Crippen LogP contribution in [0.3, 0.4) is 0 Å². The molecular formula is C13H17O6P. The maximum absolute atomic E-state index is 12.2. The second-order valence-corrected chi connectivity index (χ2v) is 6.37. The van der Waals surface area contributed by atoms with Crippen molar-refractivity contribution in [2.75, 3.05) is 6.61 Å². The number of rotatable bonds is 5. The third-order valence-electron chi connectivity index (χ3n) is 2.76. The van der Waals surface area contributed by atoms with Gasteiger partial charge in [-0.25, -0.2) is 4.52 Å². The Hall–Kier alpha value is -1.20. The molecule has 1 N–H and O–H groups in total. The van der Waals surface area contributed by atoms with Crippen LogP contribution in [0.4, 0.5) is 0 Å². The van der Waals surface area contributed by atoms with Crippen LogP contribution in [0, 0.1) is 0 Å². The molecule has 2 rings (SSSR count). The highest BCUT2D eigenvalue weighted by Crippen LogP contribution is 2.52. The van der Waals surface area contributed by atoms with Crippen LogP contribution in [0.15, 0.2) is 30.3 Å². The molecule has 2 atom stereocenters. The first kappa shape index (κ1) is 15.2. The molecule has 7 heteroatoms. The summed E-state index contributed by atoms with van der Waals surface area (Å²) in [4.78, 5) is 21.1. The van der Waals surface area contributed by atoms with E-state index in [2.05, 4.69) is 0 Å². The van der Waals surface area contributed by atoms with E-state index in [0.29, 0.717) is 18.6 Å². The molecule has 0 amide bonds. The summed E-state index contributed by atoms with van der Waals surface area (Å²) < 4.78 is 27.5. The molecule has 6 nitrogen and oxygen atoms in total. The van der Waals surface area contributed by atoms with Gasteiger partial charge in [-0.3, -0.25) is 9.36 Å². The molecule has 1 aliphatic heterocycles. The molecule has 1 heterocycles.